The highest BCUT2D eigenvalue weighted by Crippen LogP contribution is 2.21. The van der Waals surface area contributed by atoms with Crippen molar-refractivity contribution in [3.8, 4) is 0 Å². The molecule has 0 aromatic heterocycles. The predicted octanol–water partition coefficient (Wildman–Crippen LogP) is 2.18. The molecule has 0 spiro atoms. The second-order valence-electron chi connectivity index (χ2n) is 5.45. The molecule has 1 aromatic rings. The lowest BCUT2D eigenvalue weighted by Crippen LogP contribution is -2.40. The van der Waals surface area contributed by atoms with Crippen molar-refractivity contribution in [1.82, 2.24) is 4.90 Å². The predicted molar refractivity (Wildman–Crippen MR) is 82.5 cm³/mol. The zero-order chi connectivity index (χ0) is 13.5. The van der Waals surface area contributed by atoms with Crippen LogP contribution < -0.4 is 10.6 Å². The smallest absolute Gasteiger partial charge is 0.0366 e. The van der Waals surface area contributed by atoms with Crippen LogP contribution in [0.4, 0.5) is 5.69 Å². The number of anilines is 1. The molecule has 0 amide bonds. The van der Waals surface area contributed by atoms with E-state index >= 15 is 0 Å². The van der Waals surface area contributed by atoms with Crippen molar-refractivity contribution in [3.05, 3.63) is 30.3 Å². The summed E-state index contributed by atoms with van der Waals surface area (Å²) in [7, 11) is 0. The van der Waals surface area contributed by atoms with E-state index in [1.807, 2.05) is 0 Å². The van der Waals surface area contributed by atoms with Crippen LogP contribution in [-0.2, 0) is 0 Å². The minimum atomic E-state index is 0.787. The van der Waals surface area contributed by atoms with E-state index in [-0.39, 0.29) is 0 Å². The molecule has 2 rings (SSSR count). The van der Waals surface area contributed by atoms with Crippen LogP contribution in [0.5, 0.6) is 0 Å². The van der Waals surface area contributed by atoms with Crippen molar-refractivity contribution < 1.29 is 0 Å². The summed E-state index contributed by atoms with van der Waals surface area (Å²) < 4.78 is 0. The summed E-state index contributed by atoms with van der Waals surface area (Å²) in [4.78, 5) is 5.00. The molecular weight excluding hydrogens is 234 g/mol. The van der Waals surface area contributed by atoms with Crippen LogP contribution in [-0.4, -0.2) is 44.2 Å². The van der Waals surface area contributed by atoms with Crippen molar-refractivity contribution in [2.75, 3.05) is 44.2 Å². The fourth-order valence-corrected chi connectivity index (χ4v) is 2.94. The lowest BCUT2D eigenvalue weighted by atomic mass is 9.96. The van der Waals surface area contributed by atoms with Crippen molar-refractivity contribution in [1.29, 1.82) is 0 Å². The zero-order valence-corrected chi connectivity index (χ0v) is 12.1. The lowest BCUT2D eigenvalue weighted by molar-refractivity contribution is 0.190. The number of hydrogen-bond acceptors (Lipinski definition) is 3. The molecule has 1 aliphatic rings. The molecular formula is C16H27N3. The molecule has 1 saturated heterocycles. The summed E-state index contributed by atoms with van der Waals surface area (Å²) in [6, 6.07) is 10.8. The molecule has 1 aliphatic heterocycles. The highest BCUT2D eigenvalue weighted by atomic mass is 15.2. The van der Waals surface area contributed by atoms with Gasteiger partial charge in [-0.1, -0.05) is 18.2 Å². The second kappa shape index (κ2) is 7.51. The average molecular weight is 261 g/mol. The average Bonchev–Trinajstić information content (AvgIpc) is 2.48. The SMILES string of the molecule is CCN(CC1CCN(CCN)CC1)c1ccccc1. The third-order valence-electron chi connectivity index (χ3n) is 4.13. The second-order valence-corrected chi connectivity index (χ2v) is 5.45. The van der Waals surface area contributed by atoms with Gasteiger partial charge in [0.05, 0.1) is 0 Å². The molecule has 1 heterocycles. The van der Waals surface area contributed by atoms with Gasteiger partial charge in [0.15, 0.2) is 0 Å². The van der Waals surface area contributed by atoms with E-state index in [2.05, 4.69) is 47.1 Å². The van der Waals surface area contributed by atoms with E-state index < -0.39 is 0 Å². The molecule has 3 nitrogen and oxygen atoms in total. The molecule has 0 saturated carbocycles. The molecule has 0 bridgehead atoms. The molecule has 0 atom stereocenters. The number of piperidine rings is 1. The number of hydrogen-bond donors (Lipinski definition) is 1. The van der Waals surface area contributed by atoms with E-state index in [0.717, 1.165) is 25.6 Å². The van der Waals surface area contributed by atoms with Crippen LogP contribution >= 0.6 is 0 Å². The summed E-state index contributed by atoms with van der Waals surface area (Å²) in [6.45, 7) is 8.81. The van der Waals surface area contributed by atoms with Gasteiger partial charge in [-0.2, -0.15) is 0 Å². The first-order chi connectivity index (χ1) is 9.33. The Hall–Kier alpha value is -1.06. The maximum Gasteiger partial charge on any atom is 0.0366 e. The van der Waals surface area contributed by atoms with Gasteiger partial charge in [0.2, 0.25) is 0 Å². The van der Waals surface area contributed by atoms with Gasteiger partial charge in [-0.15, -0.1) is 0 Å². The van der Waals surface area contributed by atoms with E-state index in [0.29, 0.717) is 0 Å². The van der Waals surface area contributed by atoms with Crippen LogP contribution in [0.15, 0.2) is 30.3 Å². The quantitative estimate of drug-likeness (QED) is 0.852. The first-order valence-corrected chi connectivity index (χ1v) is 7.56. The number of nitrogens with two attached hydrogens (primary N) is 1. The van der Waals surface area contributed by atoms with Gasteiger partial charge < -0.3 is 15.5 Å². The largest absolute Gasteiger partial charge is 0.372 e. The van der Waals surface area contributed by atoms with Gasteiger partial charge in [0, 0.05) is 31.9 Å². The number of nitrogens with zero attached hydrogens (tertiary/aromatic N) is 2. The normalized spacial score (nSPS) is 17.6. The first-order valence-electron chi connectivity index (χ1n) is 7.56. The molecule has 1 fully saturated rings. The Kier molecular flexibility index (Phi) is 5.67. The Labute approximate surface area is 117 Å². The molecule has 1 aromatic carbocycles. The monoisotopic (exact) mass is 261 g/mol. The maximum atomic E-state index is 5.62. The van der Waals surface area contributed by atoms with Crippen LogP contribution in [0.25, 0.3) is 0 Å². The highest BCUT2D eigenvalue weighted by molar-refractivity contribution is 5.45. The summed E-state index contributed by atoms with van der Waals surface area (Å²) in [5, 5.41) is 0. The minimum Gasteiger partial charge on any atom is -0.372 e. The van der Waals surface area contributed by atoms with Gasteiger partial charge >= 0.3 is 0 Å². The third-order valence-corrected chi connectivity index (χ3v) is 4.13. The van der Waals surface area contributed by atoms with Crippen LogP contribution in [0.3, 0.4) is 0 Å². The maximum absolute atomic E-state index is 5.62. The molecule has 0 unspecified atom stereocenters. The van der Waals surface area contributed by atoms with Crippen molar-refractivity contribution in [3.63, 3.8) is 0 Å². The van der Waals surface area contributed by atoms with Gasteiger partial charge in [-0.25, -0.2) is 0 Å². The lowest BCUT2D eigenvalue weighted by Gasteiger charge is -2.35. The number of rotatable bonds is 6. The fourth-order valence-electron chi connectivity index (χ4n) is 2.94. The van der Waals surface area contributed by atoms with E-state index in [1.54, 1.807) is 0 Å². The van der Waals surface area contributed by atoms with Crippen LogP contribution in [0, 0.1) is 5.92 Å². The molecule has 106 valence electrons. The summed E-state index contributed by atoms with van der Waals surface area (Å²) >= 11 is 0. The van der Waals surface area contributed by atoms with Gasteiger partial charge in [-0.05, 0) is 50.9 Å². The molecule has 19 heavy (non-hydrogen) atoms. The molecule has 3 heteroatoms. The Morgan fingerprint density at radius 3 is 2.47 bits per heavy atom. The third kappa shape index (κ3) is 4.22. The standard InChI is InChI=1S/C16H27N3/c1-2-19(16-6-4-3-5-7-16)14-15-8-11-18(12-9-15)13-10-17/h3-7,15H,2,8-14,17H2,1H3. The van der Waals surface area contributed by atoms with Crippen molar-refractivity contribution >= 4 is 5.69 Å². The Balaban J connectivity index is 1.84. The fraction of sp³-hybridized carbons (Fsp3) is 0.625. The van der Waals surface area contributed by atoms with Gasteiger partial charge in [0.1, 0.15) is 0 Å². The number of para-hydroxylation sites is 1. The topological polar surface area (TPSA) is 32.5 Å². The van der Waals surface area contributed by atoms with Crippen LogP contribution in [0.1, 0.15) is 19.8 Å². The summed E-state index contributed by atoms with van der Waals surface area (Å²) in [5.74, 6) is 0.828. The Morgan fingerprint density at radius 2 is 1.89 bits per heavy atom. The van der Waals surface area contributed by atoms with Crippen molar-refractivity contribution in [2.24, 2.45) is 11.7 Å². The summed E-state index contributed by atoms with van der Waals surface area (Å²) in [6.07, 6.45) is 2.62. The van der Waals surface area contributed by atoms with Gasteiger partial charge in [-0.3, -0.25) is 0 Å². The van der Waals surface area contributed by atoms with Crippen LogP contribution in [0.2, 0.25) is 0 Å². The highest BCUT2D eigenvalue weighted by Gasteiger charge is 2.20. The number of likely N-dealkylation sites (tertiary alicyclic amines) is 1. The van der Waals surface area contributed by atoms with E-state index in [4.69, 9.17) is 5.73 Å². The first kappa shape index (κ1) is 14.4. The zero-order valence-electron chi connectivity index (χ0n) is 12.1. The number of benzene rings is 1. The Bertz CT molecular complexity index is 344. The summed E-state index contributed by atoms with van der Waals surface area (Å²) in [5.41, 5.74) is 6.98. The Morgan fingerprint density at radius 1 is 1.21 bits per heavy atom. The van der Waals surface area contributed by atoms with E-state index in [1.165, 1.54) is 38.2 Å². The van der Waals surface area contributed by atoms with E-state index in [9.17, 15) is 0 Å². The van der Waals surface area contributed by atoms with Crippen molar-refractivity contribution in [2.45, 2.75) is 19.8 Å². The molecule has 0 aliphatic carbocycles. The minimum absolute atomic E-state index is 0.787. The molecule has 2 N–H and O–H groups in total. The molecule has 0 radical (unpaired) electrons. The van der Waals surface area contributed by atoms with Gasteiger partial charge in [0.25, 0.3) is 0 Å².